The summed E-state index contributed by atoms with van der Waals surface area (Å²) in [5, 5.41) is 0. The van der Waals surface area contributed by atoms with Crippen LogP contribution in [0.3, 0.4) is 0 Å². The van der Waals surface area contributed by atoms with E-state index in [-0.39, 0.29) is 11.5 Å². The van der Waals surface area contributed by atoms with Crippen LogP contribution in [0, 0.1) is 27.7 Å². The van der Waals surface area contributed by atoms with Gasteiger partial charge in [-0.1, -0.05) is 35.4 Å². The molecule has 0 unspecified atom stereocenters. The van der Waals surface area contributed by atoms with Crippen LogP contribution in [-0.2, 0) is 20.7 Å². The van der Waals surface area contributed by atoms with E-state index in [2.05, 4.69) is 11.8 Å². The molecule has 0 aliphatic heterocycles. The van der Waals surface area contributed by atoms with Crippen LogP contribution < -0.4 is 9.05 Å². The van der Waals surface area contributed by atoms with E-state index in [9.17, 15) is 14.4 Å². The van der Waals surface area contributed by atoms with Gasteiger partial charge in [0.05, 0.1) is 0 Å². The number of phosphoric acid groups is 1. The van der Waals surface area contributed by atoms with Crippen LogP contribution in [0.2, 0.25) is 0 Å². The molecule has 0 spiro atoms. The van der Waals surface area contributed by atoms with Crippen molar-refractivity contribution >= 4 is 26.3 Å². The molecule has 0 aromatic heterocycles. The van der Waals surface area contributed by atoms with Crippen molar-refractivity contribution in [2.45, 2.75) is 27.7 Å². The maximum absolute atomic E-state index is 13.0. The van der Waals surface area contributed by atoms with E-state index in [1.54, 1.807) is 38.1 Å². The van der Waals surface area contributed by atoms with Crippen LogP contribution in [-0.4, -0.2) is 9.79 Å². The molecule has 0 bridgehead atoms. The van der Waals surface area contributed by atoms with Crippen LogP contribution in [0.5, 0.6) is 11.5 Å². The van der Waals surface area contributed by atoms with Crippen LogP contribution in [0.15, 0.2) is 36.4 Å². The monoisotopic (exact) mass is 402 g/mol. The molecule has 0 amide bonds. The van der Waals surface area contributed by atoms with Crippen molar-refractivity contribution in [1.29, 1.82) is 0 Å². The van der Waals surface area contributed by atoms with Crippen molar-refractivity contribution in [2.75, 3.05) is 0 Å². The van der Waals surface area contributed by atoms with Crippen LogP contribution in [0.4, 0.5) is 0 Å². The highest BCUT2D eigenvalue weighted by atomic mass is 32.5. The Kier molecular flexibility index (Phi) is 6.10. The zero-order chi connectivity index (χ0) is 18.8. The molecule has 2 aromatic rings. The molecule has 9 heteroatoms. The third-order valence-electron chi connectivity index (χ3n) is 3.29. The Bertz CT molecular complexity index is 819. The first-order chi connectivity index (χ1) is 11.5. The fraction of sp³-hybridized carbons (Fsp3) is 0.250. The van der Waals surface area contributed by atoms with Crippen molar-refractivity contribution in [3.63, 3.8) is 0 Å². The number of hydrogen-bond acceptors (Lipinski definition) is 5. The summed E-state index contributed by atoms with van der Waals surface area (Å²) in [7, 11) is -4.42. The summed E-state index contributed by atoms with van der Waals surface area (Å²) < 4.78 is 28.6. The van der Waals surface area contributed by atoms with Gasteiger partial charge in [0, 0.05) is 0 Å². The van der Waals surface area contributed by atoms with Crippen LogP contribution in [0.25, 0.3) is 0 Å². The number of benzene rings is 2. The van der Waals surface area contributed by atoms with E-state index in [1.807, 2.05) is 26.0 Å². The Morgan fingerprint density at radius 2 is 1.24 bits per heavy atom. The summed E-state index contributed by atoms with van der Waals surface area (Å²) in [6, 6.07) is 10.4. The molecule has 0 aliphatic carbocycles. The highest BCUT2D eigenvalue weighted by Crippen LogP contribution is 2.61. The predicted octanol–water partition coefficient (Wildman–Crippen LogP) is 4.71. The fourth-order valence-corrected chi connectivity index (χ4v) is 5.20. The Morgan fingerprint density at radius 1 is 0.840 bits per heavy atom. The van der Waals surface area contributed by atoms with Crippen molar-refractivity contribution in [3.05, 3.63) is 58.7 Å². The first-order valence-corrected chi connectivity index (χ1v) is 11.5. The average Bonchev–Trinajstić information content (AvgIpc) is 2.43. The molecule has 2 N–H and O–H groups in total. The highest BCUT2D eigenvalue weighted by Gasteiger charge is 2.37. The molecule has 0 heterocycles. The van der Waals surface area contributed by atoms with E-state index in [1.165, 1.54) is 0 Å². The molecule has 0 saturated heterocycles. The van der Waals surface area contributed by atoms with Crippen molar-refractivity contribution < 1.29 is 27.7 Å². The van der Waals surface area contributed by atoms with E-state index >= 15 is 0 Å². The second kappa shape index (κ2) is 7.58. The van der Waals surface area contributed by atoms with Crippen molar-refractivity contribution in [3.8, 4) is 11.5 Å². The minimum Gasteiger partial charge on any atom is -0.395 e. The molecule has 0 radical (unpaired) electrons. The van der Waals surface area contributed by atoms with Gasteiger partial charge in [-0.05, 0) is 62.8 Å². The minimum atomic E-state index is -4.42. The summed E-state index contributed by atoms with van der Waals surface area (Å²) in [4.78, 5) is 18.9. The molecular weight excluding hydrogens is 382 g/mol. The Balaban J connectivity index is 2.39. The molecule has 6 nitrogen and oxygen atoms in total. The summed E-state index contributed by atoms with van der Waals surface area (Å²) >= 11 is 4.44. The Labute approximate surface area is 152 Å². The third-order valence-corrected chi connectivity index (χ3v) is 6.38. The van der Waals surface area contributed by atoms with E-state index in [0.29, 0.717) is 11.1 Å². The molecule has 0 saturated carbocycles. The van der Waals surface area contributed by atoms with Gasteiger partial charge in [0.25, 0.3) is 0 Å². The van der Waals surface area contributed by atoms with Gasteiger partial charge in [-0.15, -0.1) is 0 Å². The standard InChI is InChI=1S/C16H20O6P2S/c1-11-5-7-15(13(3)9-11)20-24(19,22-23(17,18)25)21-16-8-6-12(2)10-14(16)4/h5-10H,1-4H3,(H2,17,18,25). The smallest absolute Gasteiger partial charge is 0.395 e. The zero-order valence-electron chi connectivity index (χ0n) is 14.3. The lowest BCUT2D eigenvalue weighted by Gasteiger charge is -2.22. The number of hydrogen-bond donors (Lipinski definition) is 2. The SMILES string of the molecule is Cc1ccc(OP(=O)(Oc2ccc(C)cc2C)OP(O)(O)=S)c(C)c1. The van der Waals surface area contributed by atoms with Crippen molar-refractivity contribution in [2.24, 2.45) is 0 Å². The maximum atomic E-state index is 13.0. The number of aryl methyl sites for hydroxylation is 4. The number of phosphoric ester groups is 1. The topological polar surface area (TPSA) is 85.2 Å². The maximum Gasteiger partial charge on any atom is 0.595 e. The summed E-state index contributed by atoms with van der Waals surface area (Å²) in [5.41, 5.74) is 3.37. The Hall–Kier alpha value is -1.20. The average molecular weight is 402 g/mol. The molecule has 0 atom stereocenters. The zero-order valence-corrected chi connectivity index (χ0v) is 16.9. The highest BCUT2D eigenvalue weighted by molar-refractivity contribution is 8.08. The van der Waals surface area contributed by atoms with Crippen molar-refractivity contribution in [1.82, 2.24) is 0 Å². The fourth-order valence-electron chi connectivity index (χ4n) is 2.23. The van der Waals surface area contributed by atoms with Crippen LogP contribution >= 0.6 is 14.5 Å². The first-order valence-electron chi connectivity index (χ1n) is 7.38. The lowest BCUT2D eigenvalue weighted by atomic mass is 10.1. The molecular formula is C16H20O6P2S. The first kappa shape index (κ1) is 20.1. The third kappa shape index (κ3) is 5.93. The molecule has 2 rings (SSSR count). The summed E-state index contributed by atoms with van der Waals surface area (Å²) in [6.45, 7) is 3.04. The van der Waals surface area contributed by atoms with E-state index in [4.69, 9.17) is 13.4 Å². The van der Waals surface area contributed by atoms with E-state index < -0.39 is 14.5 Å². The van der Waals surface area contributed by atoms with Gasteiger partial charge >= 0.3 is 14.5 Å². The predicted molar refractivity (Wildman–Crippen MR) is 101 cm³/mol. The minimum absolute atomic E-state index is 0.238. The summed E-state index contributed by atoms with van der Waals surface area (Å²) in [5.74, 6) is 0.476. The lowest BCUT2D eigenvalue weighted by Crippen LogP contribution is -2.05. The number of rotatable bonds is 6. The summed E-state index contributed by atoms with van der Waals surface area (Å²) in [6.07, 6.45) is 0. The molecule has 25 heavy (non-hydrogen) atoms. The Morgan fingerprint density at radius 3 is 1.56 bits per heavy atom. The molecule has 0 aliphatic rings. The van der Waals surface area contributed by atoms with Crippen LogP contribution in [0.1, 0.15) is 22.3 Å². The quantitative estimate of drug-likeness (QED) is 0.677. The molecule has 0 fully saturated rings. The van der Waals surface area contributed by atoms with E-state index in [0.717, 1.165) is 11.1 Å². The normalized spacial score (nSPS) is 12.1. The largest absolute Gasteiger partial charge is 0.595 e. The van der Waals surface area contributed by atoms with Gasteiger partial charge in [-0.2, -0.15) is 4.31 Å². The van der Waals surface area contributed by atoms with Gasteiger partial charge in [-0.25, -0.2) is 4.57 Å². The van der Waals surface area contributed by atoms with Gasteiger partial charge in [0.1, 0.15) is 11.5 Å². The van der Waals surface area contributed by atoms with Gasteiger partial charge < -0.3 is 18.8 Å². The van der Waals surface area contributed by atoms with Gasteiger partial charge in [0.15, 0.2) is 0 Å². The molecule has 2 aromatic carbocycles. The molecule has 136 valence electrons. The van der Waals surface area contributed by atoms with Gasteiger partial charge in [-0.3, -0.25) is 0 Å². The lowest BCUT2D eigenvalue weighted by molar-refractivity contribution is 0.271. The second-order valence-electron chi connectivity index (χ2n) is 5.74. The second-order valence-corrected chi connectivity index (χ2v) is 10.1. The van der Waals surface area contributed by atoms with Gasteiger partial charge in [0.2, 0.25) is 0 Å².